The van der Waals surface area contributed by atoms with Gasteiger partial charge in [-0.05, 0) is 13.8 Å². The molecule has 9 heavy (non-hydrogen) atoms. The van der Waals surface area contributed by atoms with E-state index in [0.29, 0.717) is 0 Å². The van der Waals surface area contributed by atoms with E-state index in [2.05, 4.69) is 4.52 Å². The van der Waals surface area contributed by atoms with Crippen molar-refractivity contribution in [3.05, 3.63) is 0 Å². The molecule has 0 aliphatic heterocycles. The maximum absolute atomic E-state index is 10.4. The Morgan fingerprint density at radius 1 is 1.56 bits per heavy atom. The van der Waals surface area contributed by atoms with Gasteiger partial charge in [0.25, 0.3) is 0 Å². The summed E-state index contributed by atoms with van der Waals surface area (Å²) >= 11 is 0. The molecular weight excluding hydrogens is 279 g/mol. The Bertz CT molecular complexity index is 108. The van der Waals surface area contributed by atoms with Crippen molar-refractivity contribution in [2.45, 2.75) is 20.0 Å². The monoisotopic (exact) mass is 291 g/mol. The third-order valence-corrected chi connectivity index (χ3v) is 1.22. The zero-order chi connectivity index (χ0) is 6.78. The van der Waals surface area contributed by atoms with Crippen LogP contribution in [0.5, 0.6) is 0 Å². The van der Waals surface area contributed by atoms with Gasteiger partial charge < -0.3 is 9.42 Å². The van der Waals surface area contributed by atoms with Crippen LogP contribution < -0.4 is 0 Å². The first kappa shape index (κ1) is 13.3. The summed E-state index contributed by atoms with van der Waals surface area (Å²) in [6.45, 7) is 4.60. The molecule has 0 spiro atoms. The van der Waals surface area contributed by atoms with Crippen molar-refractivity contribution in [3.63, 3.8) is 0 Å². The fourth-order valence-corrected chi connectivity index (χ4v) is 1.17. The normalized spacial score (nSPS) is 16.6. The second kappa shape index (κ2) is 5.39. The predicted molar refractivity (Wildman–Crippen MR) is 32.0 cm³/mol. The Labute approximate surface area is 96.2 Å². The summed E-state index contributed by atoms with van der Waals surface area (Å²) in [4.78, 5) is 8.52. The molecule has 3 nitrogen and oxygen atoms in total. The predicted octanol–water partition coefficient (Wildman–Crippen LogP) is 1.23. The topological polar surface area (TPSA) is 46.5 Å². The van der Waals surface area contributed by atoms with Gasteiger partial charge in [-0.25, -0.2) is 0 Å². The first-order chi connectivity index (χ1) is 3.42. The molecule has 0 aromatic carbocycles. The molecule has 0 fully saturated rings. The second-order valence-corrected chi connectivity index (χ2v) is 3.77. The van der Waals surface area contributed by atoms with Gasteiger partial charge in [0.2, 0.25) is 0 Å². The van der Waals surface area contributed by atoms with E-state index in [1.54, 1.807) is 13.8 Å². The maximum Gasteiger partial charge on any atom is 0.325 e. The van der Waals surface area contributed by atoms with Gasteiger partial charge in [-0.2, -0.15) is 0 Å². The van der Waals surface area contributed by atoms with Crippen LogP contribution in [0.1, 0.15) is 13.8 Å². The molecule has 1 N–H and O–H groups in total. The van der Waals surface area contributed by atoms with Gasteiger partial charge >= 0.3 is 7.60 Å². The largest absolute Gasteiger partial charge is 0.325 e. The van der Waals surface area contributed by atoms with E-state index in [-0.39, 0.29) is 55.5 Å². The van der Waals surface area contributed by atoms with E-state index in [0.717, 1.165) is 0 Å². The Morgan fingerprint density at radius 2 is 1.89 bits per heavy atom. The third-order valence-electron chi connectivity index (χ3n) is 0.406. The standard InChI is InChI=1S/C4H11O3P.Eu/c1-4(2)7-8(3,5)6;/h4H,1-3H3,(H,5,6);. The molecule has 0 rings (SSSR count). The van der Waals surface area contributed by atoms with Gasteiger partial charge in [-0.3, -0.25) is 4.57 Å². The van der Waals surface area contributed by atoms with E-state index >= 15 is 0 Å². The molecule has 57 valence electrons. The second-order valence-electron chi connectivity index (χ2n) is 1.96. The van der Waals surface area contributed by atoms with Crippen molar-refractivity contribution in [1.82, 2.24) is 0 Å². The molecule has 0 aromatic rings. The van der Waals surface area contributed by atoms with Gasteiger partial charge in [-0.15, -0.1) is 0 Å². The van der Waals surface area contributed by atoms with E-state index in [4.69, 9.17) is 4.89 Å². The molecule has 0 amide bonds. The molecule has 0 saturated carbocycles. The minimum absolute atomic E-state index is 0. The summed E-state index contributed by atoms with van der Waals surface area (Å²) < 4.78 is 14.9. The SMILES string of the molecule is CC(C)OP(C)(=O)O.[Eu]. The fourth-order valence-electron chi connectivity index (χ4n) is 0.391. The summed E-state index contributed by atoms with van der Waals surface area (Å²) in [7, 11) is -3.22. The summed E-state index contributed by atoms with van der Waals surface area (Å²) in [6, 6.07) is 0. The Hall–Kier alpha value is 1.73. The average molecular weight is 290 g/mol. The Kier molecular flexibility index (Phi) is 7.99. The number of hydrogen-bond acceptors (Lipinski definition) is 2. The molecule has 1 unspecified atom stereocenters. The fraction of sp³-hybridized carbons (Fsp3) is 1.00. The molecule has 1 atom stereocenters. The summed E-state index contributed by atoms with van der Waals surface area (Å²) in [5, 5.41) is 0. The summed E-state index contributed by atoms with van der Waals surface area (Å²) in [5.41, 5.74) is 0. The van der Waals surface area contributed by atoms with Gasteiger partial charge in [0, 0.05) is 56.0 Å². The minimum atomic E-state index is -3.22. The van der Waals surface area contributed by atoms with Crippen LogP contribution in [0.2, 0.25) is 0 Å². The van der Waals surface area contributed by atoms with Crippen molar-refractivity contribution in [2.75, 3.05) is 6.66 Å². The first-order valence-corrected chi connectivity index (χ1v) is 4.43. The minimum Gasteiger partial charge on any atom is -0.324 e. The summed E-state index contributed by atoms with van der Waals surface area (Å²) in [6.07, 6.45) is -0.171. The van der Waals surface area contributed by atoms with Gasteiger partial charge in [0.1, 0.15) is 0 Å². The van der Waals surface area contributed by atoms with Gasteiger partial charge in [0.05, 0.1) is 6.10 Å². The molecule has 0 bridgehead atoms. The van der Waals surface area contributed by atoms with Crippen LogP contribution in [0, 0.1) is 49.4 Å². The molecule has 0 heterocycles. The van der Waals surface area contributed by atoms with Gasteiger partial charge in [0.15, 0.2) is 0 Å². The maximum atomic E-state index is 10.4. The molecule has 1 radical (unpaired) electrons. The van der Waals surface area contributed by atoms with Crippen molar-refractivity contribution in [3.8, 4) is 0 Å². The number of rotatable bonds is 2. The smallest absolute Gasteiger partial charge is 0.324 e. The summed E-state index contributed by atoms with van der Waals surface area (Å²) in [5.74, 6) is 0. The molecule has 0 aliphatic rings. The number of hydrogen-bond donors (Lipinski definition) is 1. The molecule has 0 saturated heterocycles. The van der Waals surface area contributed by atoms with Crippen LogP contribution in [-0.2, 0) is 9.09 Å². The Balaban J connectivity index is 0. The van der Waals surface area contributed by atoms with Crippen LogP contribution in [0.4, 0.5) is 0 Å². The van der Waals surface area contributed by atoms with Crippen LogP contribution in [-0.4, -0.2) is 17.7 Å². The quantitative estimate of drug-likeness (QED) is 0.778. The van der Waals surface area contributed by atoms with Crippen LogP contribution in [0.15, 0.2) is 0 Å². The first-order valence-electron chi connectivity index (χ1n) is 2.40. The van der Waals surface area contributed by atoms with E-state index in [1.165, 1.54) is 6.66 Å². The molecule has 0 aromatic heterocycles. The van der Waals surface area contributed by atoms with Crippen LogP contribution in [0.3, 0.4) is 0 Å². The van der Waals surface area contributed by atoms with E-state index < -0.39 is 7.60 Å². The Morgan fingerprint density at radius 3 is 1.89 bits per heavy atom. The van der Waals surface area contributed by atoms with Crippen LogP contribution >= 0.6 is 7.60 Å². The van der Waals surface area contributed by atoms with Gasteiger partial charge in [-0.1, -0.05) is 0 Å². The molecular formula is C4H11EuO3P. The zero-order valence-corrected chi connectivity index (χ0v) is 8.99. The molecule has 0 aliphatic carbocycles. The van der Waals surface area contributed by atoms with Crippen LogP contribution in [0.25, 0.3) is 0 Å². The zero-order valence-electron chi connectivity index (χ0n) is 5.67. The van der Waals surface area contributed by atoms with Crippen molar-refractivity contribution in [2.24, 2.45) is 0 Å². The average Bonchev–Trinajstić information content (AvgIpc) is 1.21. The molecule has 5 heteroatoms. The van der Waals surface area contributed by atoms with Crippen molar-refractivity contribution in [1.29, 1.82) is 0 Å². The van der Waals surface area contributed by atoms with E-state index in [9.17, 15) is 4.57 Å². The van der Waals surface area contributed by atoms with Crippen molar-refractivity contribution >= 4 is 7.60 Å². The van der Waals surface area contributed by atoms with Crippen molar-refractivity contribution < 1.29 is 63.4 Å². The third kappa shape index (κ3) is 12.8. The van der Waals surface area contributed by atoms with E-state index in [1.807, 2.05) is 0 Å².